The van der Waals surface area contributed by atoms with Crippen LogP contribution >= 0.6 is 11.3 Å². The highest BCUT2D eigenvalue weighted by Crippen LogP contribution is 2.20. The number of nitrogens with one attached hydrogen (secondary N) is 2. The normalized spacial score (nSPS) is 12.9. The zero-order valence-corrected chi connectivity index (χ0v) is 7.53. The molecule has 60 valence electrons. The Morgan fingerprint density at radius 3 is 2.91 bits per heavy atom. The first-order valence-electron chi connectivity index (χ1n) is 3.54. The molecule has 1 heterocycles. The second kappa shape index (κ2) is 3.64. The van der Waals surface area contributed by atoms with Gasteiger partial charge in [-0.2, -0.15) is 0 Å². The summed E-state index contributed by atoms with van der Waals surface area (Å²) in [5, 5.41) is 12.2. The number of rotatable bonds is 3. The van der Waals surface area contributed by atoms with Gasteiger partial charge in [0.15, 0.2) is 0 Å². The van der Waals surface area contributed by atoms with Crippen LogP contribution in [-0.4, -0.2) is 13.3 Å². The van der Waals surface area contributed by atoms with E-state index in [4.69, 9.17) is 5.41 Å². The van der Waals surface area contributed by atoms with Crippen LogP contribution in [0.1, 0.15) is 23.4 Å². The Bertz CT molecular complexity index is 242. The van der Waals surface area contributed by atoms with Crippen LogP contribution in [0.15, 0.2) is 11.4 Å². The predicted octanol–water partition coefficient (Wildman–Crippen LogP) is 2.03. The van der Waals surface area contributed by atoms with E-state index in [9.17, 15) is 0 Å². The van der Waals surface area contributed by atoms with Gasteiger partial charge in [-0.1, -0.05) is 0 Å². The molecule has 0 aliphatic carbocycles. The topological polar surface area (TPSA) is 35.9 Å². The summed E-state index contributed by atoms with van der Waals surface area (Å²) in [5.74, 6) is 0. The van der Waals surface area contributed by atoms with E-state index in [-0.39, 0.29) is 0 Å². The van der Waals surface area contributed by atoms with Gasteiger partial charge in [-0.15, -0.1) is 11.3 Å². The van der Waals surface area contributed by atoms with Crippen molar-refractivity contribution in [3.63, 3.8) is 0 Å². The van der Waals surface area contributed by atoms with E-state index >= 15 is 0 Å². The molecular weight excluding hydrogens is 156 g/mol. The smallest absolute Gasteiger partial charge is 0.0383 e. The Morgan fingerprint density at radius 2 is 2.45 bits per heavy atom. The van der Waals surface area contributed by atoms with Gasteiger partial charge in [0.1, 0.15) is 0 Å². The van der Waals surface area contributed by atoms with Crippen LogP contribution in [0, 0.1) is 5.41 Å². The molecule has 0 aliphatic rings. The molecule has 0 spiro atoms. The molecule has 1 aromatic rings. The van der Waals surface area contributed by atoms with Crippen LogP contribution in [0.5, 0.6) is 0 Å². The second-order valence-electron chi connectivity index (χ2n) is 2.44. The van der Waals surface area contributed by atoms with Crippen molar-refractivity contribution in [3.05, 3.63) is 21.9 Å². The molecule has 0 aliphatic heterocycles. The summed E-state index contributed by atoms with van der Waals surface area (Å²) in [6.45, 7) is 2.11. The molecule has 1 rings (SSSR count). The van der Waals surface area contributed by atoms with Gasteiger partial charge in [-0.05, 0) is 25.4 Å². The van der Waals surface area contributed by atoms with E-state index in [2.05, 4.69) is 12.2 Å². The Balaban J connectivity index is 2.79. The lowest BCUT2D eigenvalue weighted by molar-refractivity contribution is 0.664. The average Bonchev–Trinajstić information content (AvgIpc) is 2.50. The molecule has 2 N–H and O–H groups in total. The van der Waals surface area contributed by atoms with Gasteiger partial charge in [0, 0.05) is 22.7 Å². The molecule has 0 aromatic carbocycles. The number of hydrogen-bond acceptors (Lipinski definition) is 3. The van der Waals surface area contributed by atoms with Crippen molar-refractivity contribution in [1.29, 1.82) is 5.41 Å². The molecule has 0 unspecified atom stereocenters. The molecule has 0 radical (unpaired) electrons. The largest absolute Gasteiger partial charge is 0.313 e. The molecule has 0 saturated heterocycles. The molecule has 1 aromatic heterocycles. The monoisotopic (exact) mass is 168 g/mol. The molecule has 0 saturated carbocycles. The zero-order chi connectivity index (χ0) is 8.27. The van der Waals surface area contributed by atoms with Gasteiger partial charge in [0.2, 0.25) is 0 Å². The summed E-state index contributed by atoms with van der Waals surface area (Å²) in [6.07, 6.45) is 1.38. The van der Waals surface area contributed by atoms with E-state index in [1.807, 2.05) is 18.5 Å². The lowest BCUT2D eigenvalue weighted by Gasteiger charge is -2.05. The fraction of sp³-hybridized carbons (Fsp3) is 0.375. The van der Waals surface area contributed by atoms with Crippen molar-refractivity contribution >= 4 is 17.6 Å². The quantitative estimate of drug-likeness (QED) is 0.665. The lowest BCUT2D eigenvalue weighted by atomic mass is 10.2. The van der Waals surface area contributed by atoms with Crippen LogP contribution in [-0.2, 0) is 0 Å². The van der Waals surface area contributed by atoms with E-state index in [0.717, 1.165) is 5.56 Å². The first-order valence-corrected chi connectivity index (χ1v) is 4.42. The third-order valence-electron chi connectivity index (χ3n) is 1.67. The molecule has 1 atom stereocenters. The summed E-state index contributed by atoms with van der Waals surface area (Å²) in [4.78, 5) is 1.28. The van der Waals surface area contributed by atoms with E-state index in [0.29, 0.717) is 6.04 Å². The van der Waals surface area contributed by atoms with Gasteiger partial charge < -0.3 is 10.7 Å². The summed E-state index contributed by atoms with van der Waals surface area (Å²) < 4.78 is 0. The molecule has 3 heteroatoms. The minimum absolute atomic E-state index is 0.397. The highest BCUT2D eigenvalue weighted by molar-refractivity contribution is 7.10. The minimum Gasteiger partial charge on any atom is -0.313 e. The fourth-order valence-corrected chi connectivity index (χ4v) is 1.75. The van der Waals surface area contributed by atoms with Gasteiger partial charge >= 0.3 is 0 Å². The highest BCUT2D eigenvalue weighted by Gasteiger charge is 2.03. The van der Waals surface area contributed by atoms with Crippen molar-refractivity contribution in [2.75, 3.05) is 7.05 Å². The Hall–Kier alpha value is -0.670. The first-order chi connectivity index (χ1) is 5.27. The summed E-state index contributed by atoms with van der Waals surface area (Å²) in [7, 11) is 1.94. The van der Waals surface area contributed by atoms with Crippen molar-refractivity contribution in [2.45, 2.75) is 13.0 Å². The van der Waals surface area contributed by atoms with Gasteiger partial charge in [-0.3, -0.25) is 0 Å². The molecule has 0 bridgehead atoms. The zero-order valence-electron chi connectivity index (χ0n) is 6.72. The lowest BCUT2D eigenvalue weighted by Crippen LogP contribution is -2.10. The van der Waals surface area contributed by atoms with Crippen molar-refractivity contribution in [1.82, 2.24) is 5.32 Å². The minimum atomic E-state index is 0.397. The van der Waals surface area contributed by atoms with E-state index < -0.39 is 0 Å². The van der Waals surface area contributed by atoms with Crippen molar-refractivity contribution < 1.29 is 0 Å². The summed E-state index contributed by atoms with van der Waals surface area (Å²) in [5.41, 5.74) is 0.993. The maximum Gasteiger partial charge on any atom is 0.0383 e. The maximum absolute atomic E-state index is 7.02. The third kappa shape index (κ3) is 1.88. The standard InChI is InChI=1S/C8H12N2S/c1-6(10-2)8-3-7(4-9)5-11-8/h3-6,9-10H,1-2H3/t6-/m1/s1. The Kier molecular flexibility index (Phi) is 2.79. The Morgan fingerprint density at radius 1 is 1.73 bits per heavy atom. The van der Waals surface area contributed by atoms with Gasteiger partial charge in [-0.25, -0.2) is 0 Å². The van der Waals surface area contributed by atoms with Crippen LogP contribution in [0.25, 0.3) is 0 Å². The van der Waals surface area contributed by atoms with Crippen molar-refractivity contribution in [2.24, 2.45) is 0 Å². The van der Waals surface area contributed by atoms with Gasteiger partial charge in [0.05, 0.1) is 0 Å². The second-order valence-corrected chi connectivity index (χ2v) is 3.38. The molecule has 0 amide bonds. The molecule has 0 fully saturated rings. The van der Waals surface area contributed by atoms with E-state index in [1.54, 1.807) is 11.3 Å². The molecule has 2 nitrogen and oxygen atoms in total. The van der Waals surface area contributed by atoms with Crippen LogP contribution in [0.2, 0.25) is 0 Å². The molecule has 11 heavy (non-hydrogen) atoms. The fourth-order valence-electron chi connectivity index (χ4n) is 0.813. The van der Waals surface area contributed by atoms with Crippen LogP contribution in [0.3, 0.4) is 0 Å². The Labute approximate surface area is 70.8 Å². The van der Waals surface area contributed by atoms with Crippen LogP contribution in [0.4, 0.5) is 0 Å². The number of hydrogen-bond donors (Lipinski definition) is 2. The summed E-state index contributed by atoms with van der Waals surface area (Å²) in [6, 6.07) is 2.44. The highest BCUT2D eigenvalue weighted by atomic mass is 32.1. The predicted molar refractivity (Wildman–Crippen MR) is 49.7 cm³/mol. The first kappa shape index (κ1) is 8.43. The van der Waals surface area contributed by atoms with Crippen molar-refractivity contribution in [3.8, 4) is 0 Å². The maximum atomic E-state index is 7.02. The van der Waals surface area contributed by atoms with E-state index in [1.165, 1.54) is 11.1 Å². The third-order valence-corrected chi connectivity index (χ3v) is 2.80. The van der Waals surface area contributed by atoms with Gasteiger partial charge in [0.25, 0.3) is 0 Å². The summed E-state index contributed by atoms with van der Waals surface area (Å²) >= 11 is 1.69. The molecular formula is C8H12N2S. The van der Waals surface area contributed by atoms with Crippen LogP contribution < -0.4 is 5.32 Å². The number of thiophene rings is 1. The average molecular weight is 168 g/mol. The SMILES string of the molecule is CN[C@H](C)c1cc(C=N)cs1.